The zero-order valence-electron chi connectivity index (χ0n) is 14.2. The lowest BCUT2D eigenvalue weighted by molar-refractivity contribution is 0.980. The van der Waals surface area contributed by atoms with Crippen LogP contribution in [0.2, 0.25) is 0 Å². The summed E-state index contributed by atoms with van der Waals surface area (Å²) in [5.41, 5.74) is 8.05. The highest BCUT2D eigenvalue weighted by molar-refractivity contribution is 5.68. The third-order valence-corrected chi connectivity index (χ3v) is 4.22. The molecule has 2 aromatic carbocycles. The molecule has 2 nitrogen and oxygen atoms in total. The zero-order valence-corrected chi connectivity index (χ0v) is 14.2. The van der Waals surface area contributed by atoms with E-state index in [1.165, 1.54) is 16.7 Å². The van der Waals surface area contributed by atoms with Crippen molar-refractivity contribution in [1.29, 1.82) is 0 Å². The van der Waals surface area contributed by atoms with E-state index in [1.54, 1.807) is 0 Å². The molecular formula is C21H22N2. The SMILES string of the molecule is CCc1nc(-c2ccc(C)cc2)nc(-c2ccc(C)cc2)c1C. The van der Waals surface area contributed by atoms with E-state index in [1.807, 2.05) is 0 Å². The fourth-order valence-corrected chi connectivity index (χ4v) is 2.73. The highest BCUT2D eigenvalue weighted by Crippen LogP contribution is 2.27. The molecule has 0 radical (unpaired) electrons. The molecule has 0 atom stereocenters. The molecule has 23 heavy (non-hydrogen) atoms. The molecule has 1 heterocycles. The van der Waals surface area contributed by atoms with Crippen LogP contribution in [0.3, 0.4) is 0 Å². The van der Waals surface area contributed by atoms with E-state index < -0.39 is 0 Å². The molecule has 1 aromatic heterocycles. The summed E-state index contributed by atoms with van der Waals surface area (Å²) >= 11 is 0. The molecule has 0 spiro atoms. The van der Waals surface area contributed by atoms with Crippen molar-refractivity contribution in [2.45, 2.75) is 34.1 Å². The van der Waals surface area contributed by atoms with Gasteiger partial charge in [0.05, 0.1) is 5.69 Å². The van der Waals surface area contributed by atoms with Gasteiger partial charge in [-0.25, -0.2) is 9.97 Å². The molecule has 0 amide bonds. The van der Waals surface area contributed by atoms with Crippen LogP contribution in [-0.4, -0.2) is 9.97 Å². The Morgan fingerprint density at radius 3 is 1.74 bits per heavy atom. The molecule has 0 saturated heterocycles. The Bertz CT molecular complexity index is 816. The first-order valence-electron chi connectivity index (χ1n) is 8.10. The fraction of sp³-hybridized carbons (Fsp3) is 0.238. The Kier molecular flexibility index (Phi) is 4.24. The standard InChI is InChI=1S/C21H22N2/c1-5-19-16(4)20(17-10-6-14(2)7-11-17)23-21(22-19)18-12-8-15(3)9-13-18/h6-13H,5H2,1-4H3. The average molecular weight is 302 g/mol. The molecule has 0 bridgehead atoms. The second-order valence-corrected chi connectivity index (χ2v) is 6.05. The van der Waals surface area contributed by atoms with Crippen molar-refractivity contribution in [3.63, 3.8) is 0 Å². The number of aryl methyl sites for hydroxylation is 3. The first kappa shape index (κ1) is 15.4. The summed E-state index contributed by atoms with van der Waals surface area (Å²) in [6.07, 6.45) is 0.909. The maximum Gasteiger partial charge on any atom is 0.160 e. The molecule has 0 N–H and O–H groups in total. The molecule has 116 valence electrons. The predicted octanol–water partition coefficient (Wildman–Crippen LogP) is 5.30. The average Bonchev–Trinajstić information content (AvgIpc) is 2.57. The van der Waals surface area contributed by atoms with Gasteiger partial charge in [0.2, 0.25) is 0 Å². The number of hydrogen-bond acceptors (Lipinski definition) is 2. The van der Waals surface area contributed by atoms with E-state index in [-0.39, 0.29) is 0 Å². The number of rotatable bonds is 3. The molecule has 3 aromatic rings. The van der Waals surface area contributed by atoms with Crippen LogP contribution in [0.15, 0.2) is 48.5 Å². The molecule has 0 saturated carbocycles. The Hall–Kier alpha value is -2.48. The van der Waals surface area contributed by atoms with Crippen molar-refractivity contribution >= 4 is 0 Å². The van der Waals surface area contributed by atoms with Gasteiger partial charge in [-0.1, -0.05) is 66.6 Å². The molecule has 0 aliphatic carbocycles. The highest BCUT2D eigenvalue weighted by atomic mass is 14.9. The second-order valence-electron chi connectivity index (χ2n) is 6.05. The Morgan fingerprint density at radius 1 is 0.696 bits per heavy atom. The quantitative estimate of drug-likeness (QED) is 0.656. The first-order valence-corrected chi connectivity index (χ1v) is 8.10. The molecule has 0 unspecified atom stereocenters. The monoisotopic (exact) mass is 302 g/mol. The Morgan fingerprint density at radius 2 is 1.22 bits per heavy atom. The third-order valence-electron chi connectivity index (χ3n) is 4.22. The number of aromatic nitrogens is 2. The summed E-state index contributed by atoms with van der Waals surface area (Å²) < 4.78 is 0. The molecule has 3 rings (SSSR count). The zero-order chi connectivity index (χ0) is 16.4. The van der Waals surface area contributed by atoms with E-state index in [9.17, 15) is 0 Å². The van der Waals surface area contributed by atoms with Crippen molar-refractivity contribution in [3.8, 4) is 22.6 Å². The lowest BCUT2D eigenvalue weighted by Gasteiger charge is -2.12. The van der Waals surface area contributed by atoms with Gasteiger partial charge < -0.3 is 0 Å². The van der Waals surface area contributed by atoms with E-state index >= 15 is 0 Å². The Labute approximate surface area is 138 Å². The van der Waals surface area contributed by atoms with Crippen LogP contribution in [0.1, 0.15) is 29.3 Å². The van der Waals surface area contributed by atoms with Crippen LogP contribution < -0.4 is 0 Å². The largest absolute Gasteiger partial charge is 0.233 e. The summed E-state index contributed by atoms with van der Waals surface area (Å²) in [7, 11) is 0. The van der Waals surface area contributed by atoms with Gasteiger partial charge in [0.1, 0.15) is 0 Å². The van der Waals surface area contributed by atoms with Crippen molar-refractivity contribution in [2.24, 2.45) is 0 Å². The molecular weight excluding hydrogens is 280 g/mol. The van der Waals surface area contributed by atoms with Gasteiger partial charge in [-0.3, -0.25) is 0 Å². The minimum atomic E-state index is 0.808. The van der Waals surface area contributed by atoms with Gasteiger partial charge in [0.25, 0.3) is 0 Å². The van der Waals surface area contributed by atoms with Crippen LogP contribution in [-0.2, 0) is 6.42 Å². The number of hydrogen-bond donors (Lipinski definition) is 0. The lowest BCUT2D eigenvalue weighted by Crippen LogP contribution is -2.02. The van der Waals surface area contributed by atoms with Gasteiger partial charge in [-0.05, 0) is 32.8 Å². The summed E-state index contributed by atoms with van der Waals surface area (Å²) in [5.74, 6) is 0.808. The highest BCUT2D eigenvalue weighted by Gasteiger charge is 2.12. The maximum absolute atomic E-state index is 4.87. The normalized spacial score (nSPS) is 10.8. The van der Waals surface area contributed by atoms with Gasteiger partial charge in [-0.15, -0.1) is 0 Å². The third kappa shape index (κ3) is 3.16. The van der Waals surface area contributed by atoms with Crippen molar-refractivity contribution < 1.29 is 0 Å². The maximum atomic E-state index is 4.87. The van der Waals surface area contributed by atoms with E-state index in [2.05, 4.69) is 76.2 Å². The van der Waals surface area contributed by atoms with Crippen LogP contribution >= 0.6 is 0 Å². The van der Waals surface area contributed by atoms with Crippen LogP contribution in [0.4, 0.5) is 0 Å². The summed E-state index contributed by atoms with van der Waals surface area (Å²) in [4.78, 5) is 9.65. The topological polar surface area (TPSA) is 25.8 Å². The minimum Gasteiger partial charge on any atom is -0.233 e. The summed E-state index contributed by atoms with van der Waals surface area (Å²) in [5, 5.41) is 0. The van der Waals surface area contributed by atoms with Crippen molar-refractivity contribution in [2.75, 3.05) is 0 Å². The number of benzene rings is 2. The predicted molar refractivity (Wildman–Crippen MR) is 96.5 cm³/mol. The van der Waals surface area contributed by atoms with Crippen LogP contribution in [0, 0.1) is 20.8 Å². The molecule has 0 aliphatic rings. The smallest absolute Gasteiger partial charge is 0.160 e. The van der Waals surface area contributed by atoms with Gasteiger partial charge >= 0.3 is 0 Å². The van der Waals surface area contributed by atoms with Crippen molar-refractivity contribution in [1.82, 2.24) is 9.97 Å². The van der Waals surface area contributed by atoms with Crippen LogP contribution in [0.25, 0.3) is 22.6 Å². The minimum absolute atomic E-state index is 0.808. The molecule has 0 aliphatic heterocycles. The summed E-state index contributed by atoms with van der Waals surface area (Å²) in [6.45, 7) is 8.46. The fourth-order valence-electron chi connectivity index (χ4n) is 2.73. The van der Waals surface area contributed by atoms with E-state index in [0.29, 0.717) is 0 Å². The van der Waals surface area contributed by atoms with E-state index in [4.69, 9.17) is 9.97 Å². The van der Waals surface area contributed by atoms with Crippen molar-refractivity contribution in [3.05, 3.63) is 70.9 Å². The lowest BCUT2D eigenvalue weighted by atomic mass is 10.0. The number of nitrogens with zero attached hydrogens (tertiary/aromatic N) is 2. The molecule has 0 fully saturated rings. The second kappa shape index (κ2) is 6.33. The summed E-state index contributed by atoms with van der Waals surface area (Å²) in [6, 6.07) is 17.0. The van der Waals surface area contributed by atoms with Gasteiger partial charge in [0, 0.05) is 16.8 Å². The van der Waals surface area contributed by atoms with E-state index in [0.717, 1.165) is 34.8 Å². The van der Waals surface area contributed by atoms with Crippen LogP contribution in [0.5, 0.6) is 0 Å². The first-order chi connectivity index (χ1) is 11.1. The van der Waals surface area contributed by atoms with Gasteiger partial charge in [0.15, 0.2) is 5.82 Å². The van der Waals surface area contributed by atoms with Gasteiger partial charge in [-0.2, -0.15) is 0 Å². The Balaban J connectivity index is 2.17. The molecule has 2 heteroatoms.